The summed E-state index contributed by atoms with van der Waals surface area (Å²) in [5.41, 5.74) is -0.677. The Hall–Kier alpha value is -2.15. The smallest absolute Gasteiger partial charge is 0.311 e. The molecule has 0 unspecified atom stereocenters. The number of likely N-dealkylation sites (tertiary alicyclic amines) is 1. The summed E-state index contributed by atoms with van der Waals surface area (Å²) < 4.78 is 0. The number of carbonyl (C=O) groups is 2. The number of fused-ring (bicyclic) bond motifs is 1. The Morgan fingerprint density at radius 1 is 1.22 bits per heavy atom. The average molecular weight is 372 g/mol. The van der Waals surface area contributed by atoms with E-state index >= 15 is 0 Å². The van der Waals surface area contributed by atoms with Crippen LogP contribution in [0.15, 0.2) is 24.4 Å². The van der Waals surface area contributed by atoms with E-state index in [-0.39, 0.29) is 11.8 Å². The molecule has 1 N–H and O–H groups in total. The molecule has 1 aliphatic carbocycles. The largest absolute Gasteiger partial charge is 0.481 e. The molecule has 3 aliphatic rings. The SMILES string of the molecule is O=C(CCN1CCN(c2ccccn2)CC1)N1C[C@@H]2CCC[C@@]2(C(=O)O)C1. The van der Waals surface area contributed by atoms with Gasteiger partial charge in [-0.1, -0.05) is 12.5 Å². The number of carboxylic acids is 1. The van der Waals surface area contributed by atoms with Crippen molar-refractivity contribution in [3.8, 4) is 0 Å². The number of piperazine rings is 1. The van der Waals surface area contributed by atoms with Gasteiger partial charge in [0, 0.05) is 58.4 Å². The topological polar surface area (TPSA) is 77.0 Å². The van der Waals surface area contributed by atoms with Crippen LogP contribution in [0.1, 0.15) is 25.7 Å². The summed E-state index contributed by atoms with van der Waals surface area (Å²) >= 11 is 0. The molecule has 1 aromatic rings. The van der Waals surface area contributed by atoms with Gasteiger partial charge in [0.05, 0.1) is 5.41 Å². The molecule has 4 rings (SSSR count). The number of carboxylic acid groups (broad SMARTS) is 1. The lowest BCUT2D eigenvalue weighted by atomic mass is 9.81. The van der Waals surface area contributed by atoms with Crippen molar-refractivity contribution < 1.29 is 14.7 Å². The molecule has 7 nitrogen and oxygen atoms in total. The van der Waals surface area contributed by atoms with Crippen LogP contribution in [0, 0.1) is 11.3 Å². The van der Waals surface area contributed by atoms with Crippen molar-refractivity contribution in [2.45, 2.75) is 25.7 Å². The highest BCUT2D eigenvalue weighted by Gasteiger charge is 2.55. The maximum atomic E-state index is 12.7. The van der Waals surface area contributed by atoms with Crippen molar-refractivity contribution in [1.29, 1.82) is 0 Å². The summed E-state index contributed by atoms with van der Waals surface area (Å²) in [6, 6.07) is 5.96. The van der Waals surface area contributed by atoms with E-state index in [1.165, 1.54) is 0 Å². The predicted molar refractivity (Wildman–Crippen MR) is 101 cm³/mol. The molecule has 3 fully saturated rings. The van der Waals surface area contributed by atoms with Gasteiger partial charge in [-0.25, -0.2) is 4.98 Å². The minimum absolute atomic E-state index is 0.109. The number of amides is 1. The number of nitrogens with zero attached hydrogens (tertiary/aromatic N) is 4. The van der Waals surface area contributed by atoms with Crippen molar-refractivity contribution in [2.75, 3.05) is 50.7 Å². The minimum Gasteiger partial charge on any atom is -0.481 e. The highest BCUT2D eigenvalue weighted by molar-refractivity contribution is 5.81. The number of rotatable bonds is 5. The standard InChI is InChI=1S/C20H28N4O3/c25-18(24-14-16-4-3-7-20(16,15-24)19(26)27)6-9-22-10-12-23(13-11-22)17-5-1-2-8-21-17/h1-2,5,8,16H,3-4,6-7,9-15H2,(H,26,27)/t16-,20+/m0/s1. The summed E-state index contributed by atoms with van der Waals surface area (Å²) in [7, 11) is 0. The average Bonchev–Trinajstić information content (AvgIpc) is 3.26. The minimum atomic E-state index is -0.717. The first-order valence-electron chi connectivity index (χ1n) is 9.98. The van der Waals surface area contributed by atoms with Gasteiger partial charge in [0.2, 0.25) is 5.91 Å². The van der Waals surface area contributed by atoms with Crippen molar-refractivity contribution in [3.63, 3.8) is 0 Å². The second-order valence-electron chi connectivity index (χ2n) is 8.09. The fraction of sp³-hybridized carbons (Fsp3) is 0.650. The molecule has 1 saturated carbocycles. The lowest BCUT2D eigenvalue weighted by Crippen LogP contribution is -2.47. The van der Waals surface area contributed by atoms with E-state index in [4.69, 9.17) is 0 Å². The third-order valence-corrected chi connectivity index (χ3v) is 6.64. The molecule has 27 heavy (non-hydrogen) atoms. The van der Waals surface area contributed by atoms with Crippen LogP contribution in [0.2, 0.25) is 0 Å². The highest BCUT2D eigenvalue weighted by Crippen LogP contribution is 2.48. The van der Waals surface area contributed by atoms with E-state index in [1.807, 2.05) is 29.3 Å². The number of aromatic nitrogens is 1. The first-order valence-corrected chi connectivity index (χ1v) is 9.98. The van der Waals surface area contributed by atoms with Gasteiger partial charge in [-0.3, -0.25) is 14.5 Å². The Morgan fingerprint density at radius 2 is 2.04 bits per heavy atom. The number of hydrogen-bond donors (Lipinski definition) is 1. The van der Waals surface area contributed by atoms with Gasteiger partial charge in [0.1, 0.15) is 5.82 Å². The zero-order valence-corrected chi connectivity index (χ0v) is 15.7. The van der Waals surface area contributed by atoms with Gasteiger partial charge < -0.3 is 14.9 Å². The van der Waals surface area contributed by atoms with Crippen LogP contribution in [-0.2, 0) is 9.59 Å². The highest BCUT2D eigenvalue weighted by atomic mass is 16.4. The Bertz CT molecular complexity index is 690. The van der Waals surface area contributed by atoms with Crippen LogP contribution < -0.4 is 4.90 Å². The van der Waals surface area contributed by atoms with E-state index in [1.54, 1.807) is 0 Å². The maximum Gasteiger partial charge on any atom is 0.311 e. The van der Waals surface area contributed by atoms with Crippen molar-refractivity contribution in [3.05, 3.63) is 24.4 Å². The summed E-state index contributed by atoms with van der Waals surface area (Å²) in [6.45, 7) is 5.45. The molecular formula is C20H28N4O3. The number of hydrogen-bond acceptors (Lipinski definition) is 5. The second kappa shape index (κ2) is 7.46. The van der Waals surface area contributed by atoms with Crippen molar-refractivity contribution >= 4 is 17.7 Å². The number of anilines is 1. The monoisotopic (exact) mass is 372 g/mol. The molecule has 146 valence electrons. The Balaban J connectivity index is 1.24. The van der Waals surface area contributed by atoms with Gasteiger partial charge in [0.15, 0.2) is 0 Å². The molecule has 2 saturated heterocycles. The van der Waals surface area contributed by atoms with Gasteiger partial charge in [0.25, 0.3) is 0 Å². The van der Waals surface area contributed by atoms with Crippen LogP contribution in [-0.4, -0.2) is 77.6 Å². The lowest BCUT2D eigenvalue weighted by Gasteiger charge is -2.35. The molecule has 1 aromatic heterocycles. The number of aliphatic carboxylic acids is 1. The lowest BCUT2D eigenvalue weighted by molar-refractivity contribution is -0.149. The summed E-state index contributed by atoms with van der Waals surface area (Å²) in [5.74, 6) is 0.541. The summed E-state index contributed by atoms with van der Waals surface area (Å²) in [5, 5.41) is 9.67. The first kappa shape index (κ1) is 18.2. The van der Waals surface area contributed by atoms with Crippen molar-refractivity contribution in [2.24, 2.45) is 11.3 Å². The zero-order chi connectivity index (χ0) is 18.9. The molecule has 0 aromatic carbocycles. The third-order valence-electron chi connectivity index (χ3n) is 6.64. The molecule has 0 spiro atoms. The Morgan fingerprint density at radius 3 is 2.70 bits per heavy atom. The molecular weight excluding hydrogens is 344 g/mol. The fourth-order valence-corrected chi connectivity index (χ4v) is 4.98. The predicted octanol–water partition coefficient (Wildman–Crippen LogP) is 1.31. The van der Waals surface area contributed by atoms with E-state index in [9.17, 15) is 14.7 Å². The van der Waals surface area contributed by atoms with Gasteiger partial charge in [-0.2, -0.15) is 0 Å². The molecule has 1 amide bonds. The van der Waals surface area contributed by atoms with E-state index in [0.29, 0.717) is 25.9 Å². The van der Waals surface area contributed by atoms with Crippen LogP contribution >= 0.6 is 0 Å². The third kappa shape index (κ3) is 3.52. The van der Waals surface area contributed by atoms with Gasteiger partial charge in [-0.05, 0) is 30.9 Å². The molecule has 7 heteroatoms. The van der Waals surface area contributed by atoms with E-state index < -0.39 is 11.4 Å². The molecule has 0 bridgehead atoms. The fourth-order valence-electron chi connectivity index (χ4n) is 4.98. The van der Waals surface area contributed by atoms with Gasteiger partial charge in [-0.15, -0.1) is 0 Å². The summed E-state index contributed by atoms with van der Waals surface area (Å²) in [4.78, 5) is 35.2. The number of carbonyl (C=O) groups excluding carboxylic acids is 1. The van der Waals surface area contributed by atoms with E-state index in [0.717, 1.165) is 51.4 Å². The molecule has 2 aliphatic heterocycles. The normalized spacial score (nSPS) is 28.4. The molecule has 2 atom stereocenters. The Labute approximate surface area is 160 Å². The van der Waals surface area contributed by atoms with Crippen LogP contribution in [0.5, 0.6) is 0 Å². The molecule has 0 radical (unpaired) electrons. The van der Waals surface area contributed by atoms with Crippen LogP contribution in [0.3, 0.4) is 0 Å². The quantitative estimate of drug-likeness (QED) is 0.840. The van der Waals surface area contributed by atoms with Crippen LogP contribution in [0.4, 0.5) is 5.82 Å². The van der Waals surface area contributed by atoms with E-state index in [2.05, 4.69) is 14.8 Å². The van der Waals surface area contributed by atoms with Crippen LogP contribution in [0.25, 0.3) is 0 Å². The Kier molecular flexibility index (Phi) is 5.04. The summed E-state index contributed by atoms with van der Waals surface area (Å²) in [6.07, 6.45) is 4.92. The molecule has 3 heterocycles. The zero-order valence-electron chi connectivity index (χ0n) is 15.7. The van der Waals surface area contributed by atoms with Gasteiger partial charge >= 0.3 is 5.97 Å². The number of pyridine rings is 1. The van der Waals surface area contributed by atoms with Crippen molar-refractivity contribution in [1.82, 2.24) is 14.8 Å². The second-order valence-corrected chi connectivity index (χ2v) is 8.09. The first-order chi connectivity index (χ1) is 13.1. The maximum absolute atomic E-state index is 12.7.